The van der Waals surface area contributed by atoms with Crippen LogP contribution in [0.15, 0.2) is 9.59 Å². The first kappa shape index (κ1) is 21.3. The third-order valence-corrected chi connectivity index (χ3v) is 6.23. The molecule has 3 N–H and O–H groups in total. The molecule has 0 aromatic carbocycles. The maximum absolute atomic E-state index is 15.1. The molecular formula is C19H24F4N4O3. The fourth-order valence-electron chi connectivity index (χ4n) is 4.65. The molecule has 2 aliphatic carbocycles. The fourth-order valence-corrected chi connectivity index (χ4v) is 4.65. The number of nitrogens with one attached hydrogen (secondary N) is 1. The average Bonchev–Trinajstić information content (AvgIpc) is 3.37. The second-order valence-electron chi connectivity index (χ2n) is 8.33. The number of aromatic amines is 1. The Morgan fingerprint density at radius 2 is 2.00 bits per heavy atom. The second-order valence-corrected chi connectivity index (χ2v) is 8.33. The van der Waals surface area contributed by atoms with E-state index in [4.69, 9.17) is 5.73 Å². The number of nitrogens with zero attached hydrogens (tertiary/aromatic N) is 2. The van der Waals surface area contributed by atoms with Gasteiger partial charge in [-0.3, -0.25) is 24.0 Å². The van der Waals surface area contributed by atoms with Crippen LogP contribution in [0.4, 0.5) is 17.6 Å². The first-order valence-corrected chi connectivity index (χ1v) is 9.98. The maximum atomic E-state index is 15.1. The van der Waals surface area contributed by atoms with Gasteiger partial charge in [0.15, 0.2) is 0 Å². The van der Waals surface area contributed by atoms with Crippen LogP contribution in [0.2, 0.25) is 0 Å². The van der Waals surface area contributed by atoms with E-state index in [1.165, 1.54) is 10.6 Å². The van der Waals surface area contributed by atoms with Crippen molar-refractivity contribution in [2.45, 2.75) is 56.8 Å². The van der Waals surface area contributed by atoms with Crippen molar-refractivity contribution in [3.63, 3.8) is 0 Å². The third kappa shape index (κ3) is 3.97. The molecule has 0 bridgehead atoms. The molecule has 4 atom stereocenters. The predicted molar refractivity (Wildman–Crippen MR) is 101 cm³/mol. The number of aromatic nitrogens is 2. The smallest absolute Gasteiger partial charge is 0.325 e. The largest absolute Gasteiger partial charge is 0.522 e. The zero-order valence-electron chi connectivity index (χ0n) is 16.4. The molecule has 4 unspecified atom stereocenters. The van der Waals surface area contributed by atoms with Gasteiger partial charge in [0.25, 0.3) is 5.56 Å². The van der Waals surface area contributed by atoms with E-state index in [2.05, 4.69) is 9.72 Å². The van der Waals surface area contributed by atoms with Crippen molar-refractivity contribution in [3.8, 4) is 0 Å². The van der Waals surface area contributed by atoms with Gasteiger partial charge in [0.1, 0.15) is 6.17 Å². The summed E-state index contributed by atoms with van der Waals surface area (Å²) in [5.74, 6) is -0.279. The number of rotatable bonds is 5. The van der Waals surface area contributed by atoms with Gasteiger partial charge < -0.3 is 5.73 Å². The quantitative estimate of drug-likeness (QED) is 0.625. The average molecular weight is 432 g/mol. The van der Waals surface area contributed by atoms with E-state index in [0.717, 1.165) is 12.8 Å². The molecule has 2 heterocycles. The summed E-state index contributed by atoms with van der Waals surface area (Å²) in [7, 11) is 0. The Balaban J connectivity index is 1.63. The van der Waals surface area contributed by atoms with Crippen molar-refractivity contribution in [1.82, 2.24) is 14.5 Å². The van der Waals surface area contributed by atoms with Crippen molar-refractivity contribution in [2.75, 3.05) is 19.7 Å². The van der Waals surface area contributed by atoms with Gasteiger partial charge in [-0.15, -0.1) is 13.2 Å². The highest BCUT2D eigenvalue weighted by atomic mass is 19.4. The molecular weight excluding hydrogens is 408 g/mol. The molecule has 1 aromatic heterocycles. The Kier molecular flexibility index (Phi) is 5.39. The van der Waals surface area contributed by atoms with Crippen LogP contribution in [0.5, 0.6) is 0 Å². The van der Waals surface area contributed by atoms with Crippen LogP contribution in [-0.2, 0) is 4.74 Å². The van der Waals surface area contributed by atoms with Crippen LogP contribution in [0.3, 0.4) is 0 Å². The van der Waals surface area contributed by atoms with Crippen LogP contribution >= 0.6 is 0 Å². The highest BCUT2D eigenvalue weighted by molar-refractivity contribution is 5.56. The molecule has 0 radical (unpaired) electrons. The standard InChI is InChI=1S/C19H24F4N4O3/c1-9-15-12(17(28)25-18(29)27(15)11-2-3-11)6-13(20)16(9)26-5-4-10(7-26)14(24)8-30-19(21,22)23/h6,10-11,13-14,16H,2-5,7-8,24H2,1H3,(H,25,28,29). The van der Waals surface area contributed by atoms with Crippen molar-refractivity contribution in [1.29, 1.82) is 0 Å². The summed E-state index contributed by atoms with van der Waals surface area (Å²) in [6.45, 7) is 1.82. The van der Waals surface area contributed by atoms with Gasteiger partial charge in [-0.1, -0.05) is 0 Å². The van der Waals surface area contributed by atoms with Gasteiger partial charge in [-0.2, -0.15) is 0 Å². The van der Waals surface area contributed by atoms with Crippen molar-refractivity contribution in [2.24, 2.45) is 11.7 Å². The van der Waals surface area contributed by atoms with Crippen LogP contribution < -0.4 is 27.6 Å². The minimum atomic E-state index is -4.74. The minimum absolute atomic E-state index is 0.0115. The fraction of sp³-hybridized carbons (Fsp3) is 0.684. The first-order chi connectivity index (χ1) is 14.1. The number of halogens is 4. The van der Waals surface area contributed by atoms with E-state index in [0.29, 0.717) is 30.4 Å². The summed E-state index contributed by atoms with van der Waals surface area (Å²) in [6, 6.07) is -1.55. The molecule has 1 aromatic rings. The summed E-state index contributed by atoms with van der Waals surface area (Å²) in [5, 5.41) is 0.618. The highest BCUT2D eigenvalue weighted by Crippen LogP contribution is 2.33. The van der Waals surface area contributed by atoms with E-state index in [1.807, 2.05) is 4.90 Å². The van der Waals surface area contributed by atoms with Gasteiger partial charge >= 0.3 is 12.1 Å². The summed E-state index contributed by atoms with van der Waals surface area (Å²) < 4.78 is 57.4. The predicted octanol–water partition coefficient (Wildman–Crippen LogP) is -0.271. The molecule has 166 valence electrons. The number of nitrogens with two attached hydrogens (primary N) is 1. The molecule has 11 heteroatoms. The van der Waals surface area contributed by atoms with E-state index in [9.17, 15) is 22.8 Å². The zero-order chi connectivity index (χ0) is 21.8. The maximum Gasteiger partial charge on any atom is 0.522 e. The summed E-state index contributed by atoms with van der Waals surface area (Å²) >= 11 is 0. The minimum Gasteiger partial charge on any atom is -0.325 e. The first-order valence-electron chi connectivity index (χ1n) is 9.98. The number of hydrogen-bond donors (Lipinski definition) is 2. The molecule has 30 heavy (non-hydrogen) atoms. The highest BCUT2D eigenvalue weighted by Gasteiger charge is 2.39. The Morgan fingerprint density at radius 1 is 1.30 bits per heavy atom. The Hall–Kier alpha value is -1.98. The van der Waals surface area contributed by atoms with Crippen LogP contribution in [0, 0.1) is 5.92 Å². The lowest BCUT2D eigenvalue weighted by molar-refractivity contribution is -0.326. The summed E-state index contributed by atoms with van der Waals surface area (Å²) in [5.41, 5.74) is 5.35. The normalized spacial score (nSPS) is 28.3. The Labute approximate surface area is 168 Å². The van der Waals surface area contributed by atoms with Crippen molar-refractivity contribution < 1.29 is 22.3 Å². The summed E-state index contributed by atoms with van der Waals surface area (Å²) in [4.78, 5) is 28.8. The van der Waals surface area contributed by atoms with Crippen molar-refractivity contribution >= 4 is 11.6 Å². The molecule has 4 rings (SSSR count). The lowest BCUT2D eigenvalue weighted by atomic mass is 9.95. The van der Waals surface area contributed by atoms with Gasteiger partial charge in [-0.25, -0.2) is 9.18 Å². The van der Waals surface area contributed by atoms with Crippen LogP contribution in [0.1, 0.15) is 32.2 Å². The number of likely N-dealkylation sites (tertiary alicyclic amines) is 1. The lowest BCUT2D eigenvalue weighted by Crippen LogP contribution is -2.60. The van der Waals surface area contributed by atoms with E-state index in [-0.39, 0.29) is 17.2 Å². The number of ether oxygens (including phenoxy) is 1. The summed E-state index contributed by atoms with van der Waals surface area (Å²) in [6.07, 6.45) is -2.85. The number of H-pyrrole nitrogens is 1. The molecule has 0 amide bonds. The van der Waals surface area contributed by atoms with Crippen molar-refractivity contribution in [3.05, 3.63) is 31.4 Å². The van der Waals surface area contributed by atoms with Crippen LogP contribution in [-0.4, -0.2) is 58.8 Å². The van der Waals surface area contributed by atoms with Crippen LogP contribution in [0.25, 0.3) is 11.6 Å². The topological polar surface area (TPSA) is 93.4 Å². The molecule has 2 fully saturated rings. The Bertz CT molecular complexity index is 1060. The SMILES string of the molecule is CC1=c2c(c(=O)[nH]c(=O)n2C2CC2)=CC(F)C1N1CCC(C(N)COC(F)(F)F)C1. The molecule has 7 nitrogen and oxygen atoms in total. The van der Waals surface area contributed by atoms with E-state index < -0.39 is 42.5 Å². The lowest BCUT2D eigenvalue weighted by Gasteiger charge is -2.33. The monoisotopic (exact) mass is 432 g/mol. The zero-order valence-corrected chi connectivity index (χ0v) is 16.4. The second kappa shape index (κ2) is 7.61. The molecule has 3 aliphatic rings. The molecule has 0 spiro atoms. The van der Waals surface area contributed by atoms with Gasteiger partial charge in [0.05, 0.1) is 23.2 Å². The van der Waals surface area contributed by atoms with E-state index >= 15 is 4.39 Å². The number of fused-ring (bicyclic) bond motifs is 1. The number of alkyl halides is 4. The molecule has 1 aliphatic heterocycles. The van der Waals surface area contributed by atoms with Gasteiger partial charge in [0, 0.05) is 18.6 Å². The molecule has 1 saturated carbocycles. The van der Waals surface area contributed by atoms with Gasteiger partial charge in [-0.05, 0) is 50.3 Å². The molecule has 1 saturated heterocycles. The third-order valence-electron chi connectivity index (χ3n) is 6.23. The Morgan fingerprint density at radius 3 is 2.63 bits per heavy atom. The number of hydrogen-bond acceptors (Lipinski definition) is 5. The van der Waals surface area contributed by atoms with Gasteiger partial charge in [0.2, 0.25) is 0 Å². The van der Waals surface area contributed by atoms with E-state index in [1.54, 1.807) is 6.92 Å².